The van der Waals surface area contributed by atoms with Gasteiger partial charge in [0.15, 0.2) is 0 Å². The Hall–Kier alpha value is -1.94. The fourth-order valence-corrected chi connectivity index (χ4v) is 9.73. The van der Waals surface area contributed by atoms with Crippen molar-refractivity contribution < 1.29 is 27.8 Å². The Kier molecular flexibility index (Phi) is 8.28. The minimum absolute atomic E-state index is 0.0346. The molecule has 6 rings (SSSR count). The van der Waals surface area contributed by atoms with E-state index in [1.165, 1.54) is 20.0 Å². The molecule has 4 aliphatic carbocycles. The van der Waals surface area contributed by atoms with Crippen LogP contribution >= 0.6 is 11.8 Å². The lowest BCUT2D eigenvalue weighted by Crippen LogP contribution is -2.43. The van der Waals surface area contributed by atoms with Crippen molar-refractivity contribution in [1.29, 1.82) is 0 Å². The SMILES string of the molecule is COC(=O)C[C@@H]1CCN(c2ccc(C(=O)NC3CCC4CC5C[C@@](OC(F)F)(C4)CC53)c(SC3CCCC3)n2)C1. The Labute approximate surface area is 239 Å². The van der Waals surface area contributed by atoms with Crippen LogP contribution in [0.3, 0.4) is 0 Å². The van der Waals surface area contributed by atoms with E-state index < -0.39 is 12.2 Å². The summed E-state index contributed by atoms with van der Waals surface area (Å²) < 4.78 is 36.7. The molecule has 7 nitrogen and oxygen atoms in total. The molecule has 1 aromatic heterocycles. The summed E-state index contributed by atoms with van der Waals surface area (Å²) in [5, 5.41) is 4.57. The van der Waals surface area contributed by atoms with E-state index in [1.807, 2.05) is 12.1 Å². The molecule has 0 radical (unpaired) electrons. The van der Waals surface area contributed by atoms with Gasteiger partial charge in [-0.05, 0) is 93.6 Å². The van der Waals surface area contributed by atoms with E-state index in [2.05, 4.69) is 10.2 Å². The first-order valence-corrected chi connectivity index (χ1v) is 15.9. The maximum Gasteiger partial charge on any atom is 0.345 e. The predicted octanol–water partition coefficient (Wildman–Crippen LogP) is 5.81. The number of alkyl halides is 2. The number of halogens is 2. The molecule has 1 saturated heterocycles. The van der Waals surface area contributed by atoms with Crippen molar-refractivity contribution in [2.45, 2.75) is 106 Å². The van der Waals surface area contributed by atoms with Crippen molar-refractivity contribution in [3.8, 4) is 0 Å². The van der Waals surface area contributed by atoms with Gasteiger partial charge in [0.25, 0.3) is 5.91 Å². The van der Waals surface area contributed by atoms with Crippen LogP contribution in [0.15, 0.2) is 17.2 Å². The third kappa shape index (κ3) is 5.98. The molecule has 10 heteroatoms. The number of methoxy groups -OCH3 is 1. The van der Waals surface area contributed by atoms with E-state index in [1.54, 1.807) is 11.8 Å². The number of carbonyl (C=O) groups is 2. The van der Waals surface area contributed by atoms with Crippen LogP contribution in [0.1, 0.15) is 87.4 Å². The monoisotopic (exact) mass is 577 g/mol. The summed E-state index contributed by atoms with van der Waals surface area (Å²) in [5.41, 5.74) is -0.127. The zero-order chi connectivity index (χ0) is 27.9. The molecule has 5 aliphatic rings. The molecule has 2 heterocycles. The number of thioether (sulfide) groups is 1. The van der Waals surface area contributed by atoms with E-state index in [0.717, 1.165) is 68.9 Å². The fourth-order valence-electron chi connectivity index (χ4n) is 8.41. The number of aromatic nitrogens is 1. The van der Waals surface area contributed by atoms with Gasteiger partial charge in [-0.1, -0.05) is 12.8 Å². The van der Waals surface area contributed by atoms with E-state index in [-0.39, 0.29) is 29.8 Å². The van der Waals surface area contributed by atoms with E-state index >= 15 is 0 Å². The molecule has 3 bridgehead atoms. The third-order valence-electron chi connectivity index (χ3n) is 10.2. The standard InChI is InChI=1S/C30H41F2N3O4S/c1-38-26(36)13-19-10-11-35(17-19)25-9-7-22(28(34-25)40-21-4-2-3-5-21)27(37)33-24-8-6-18-12-20-15-30(14-18,16-23(20)24)39-29(31)32/h7,9,18-21,23-24,29H,2-6,8,10-17H2,1H3,(H,33,37)/t18?,19-,20?,23?,24?,30-/m0/s1. The van der Waals surface area contributed by atoms with Gasteiger partial charge in [0.1, 0.15) is 10.8 Å². The summed E-state index contributed by atoms with van der Waals surface area (Å²) in [6.45, 7) is -1.19. The van der Waals surface area contributed by atoms with Gasteiger partial charge >= 0.3 is 12.6 Å². The van der Waals surface area contributed by atoms with Gasteiger partial charge in [-0.15, -0.1) is 11.8 Å². The fraction of sp³-hybridized carbons (Fsp3) is 0.767. The maximum atomic E-state index is 13.8. The van der Waals surface area contributed by atoms with Crippen LogP contribution in [0.5, 0.6) is 0 Å². The van der Waals surface area contributed by atoms with Crippen LogP contribution in [0, 0.1) is 23.7 Å². The van der Waals surface area contributed by atoms with Crippen LogP contribution < -0.4 is 10.2 Å². The van der Waals surface area contributed by atoms with Gasteiger partial charge in [-0.3, -0.25) is 9.59 Å². The second-order valence-corrected chi connectivity index (χ2v) is 14.1. The summed E-state index contributed by atoms with van der Waals surface area (Å²) in [7, 11) is 1.42. The number of esters is 1. The van der Waals surface area contributed by atoms with Crippen molar-refractivity contribution in [2.75, 3.05) is 25.1 Å². The van der Waals surface area contributed by atoms with Gasteiger partial charge in [-0.2, -0.15) is 8.78 Å². The third-order valence-corrected chi connectivity index (χ3v) is 11.5. The molecular weight excluding hydrogens is 536 g/mol. The molecule has 220 valence electrons. The molecular formula is C30H41F2N3O4S. The molecule has 1 N–H and O–H groups in total. The average molecular weight is 578 g/mol. The second kappa shape index (κ2) is 11.7. The van der Waals surface area contributed by atoms with Crippen LogP contribution in [0.4, 0.5) is 14.6 Å². The number of amides is 1. The van der Waals surface area contributed by atoms with Crippen LogP contribution in [-0.4, -0.2) is 60.6 Å². The molecule has 40 heavy (non-hydrogen) atoms. The highest BCUT2D eigenvalue weighted by Crippen LogP contribution is 2.57. The summed E-state index contributed by atoms with van der Waals surface area (Å²) >= 11 is 1.72. The number of ether oxygens (including phenoxy) is 2. The summed E-state index contributed by atoms with van der Waals surface area (Å²) in [6, 6.07) is 3.80. The molecule has 1 amide bonds. The first-order valence-electron chi connectivity index (χ1n) is 15.1. The van der Waals surface area contributed by atoms with Crippen molar-refractivity contribution in [3.63, 3.8) is 0 Å². The molecule has 6 atom stereocenters. The number of pyridine rings is 1. The normalized spacial score (nSPS) is 33.5. The molecule has 4 saturated carbocycles. The average Bonchev–Trinajstić information content (AvgIpc) is 3.64. The van der Waals surface area contributed by atoms with Gasteiger partial charge in [0.05, 0.1) is 24.7 Å². The Morgan fingerprint density at radius 3 is 2.75 bits per heavy atom. The Bertz CT molecular complexity index is 1100. The number of nitrogens with one attached hydrogen (secondary N) is 1. The van der Waals surface area contributed by atoms with Crippen LogP contribution in [0.2, 0.25) is 0 Å². The number of hydrogen-bond acceptors (Lipinski definition) is 7. The van der Waals surface area contributed by atoms with Crippen molar-refractivity contribution in [3.05, 3.63) is 17.7 Å². The highest BCUT2D eigenvalue weighted by atomic mass is 32.2. The highest BCUT2D eigenvalue weighted by Gasteiger charge is 2.56. The van der Waals surface area contributed by atoms with Gasteiger partial charge in [0, 0.05) is 24.4 Å². The molecule has 0 aromatic carbocycles. The second-order valence-electron chi connectivity index (χ2n) is 12.8. The molecule has 1 aliphatic heterocycles. The number of carbonyl (C=O) groups excluding carboxylic acids is 2. The number of nitrogens with zero attached hydrogens (tertiary/aromatic N) is 2. The van der Waals surface area contributed by atoms with E-state index in [0.29, 0.717) is 41.9 Å². The molecule has 0 spiro atoms. The maximum absolute atomic E-state index is 13.8. The molecule has 4 unspecified atom stereocenters. The van der Waals surface area contributed by atoms with Crippen molar-refractivity contribution in [2.24, 2.45) is 23.7 Å². The van der Waals surface area contributed by atoms with Gasteiger partial charge in [-0.25, -0.2) is 4.98 Å². The van der Waals surface area contributed by atoms with Gasteiger partial charge in [0.2, 0.25) is 0 Å². The minimum atomic E-state index is -2.75. The zero-order valence-electron chi connectivity index (χ0n) is 23.3. The minimum Gasteiger partial charge on any atom is -0.469 e. The smallest absolute Gasteiger partial charge is 0.345 e. The van der Waals surface area contributed by atoms with Crippen LogP contribution in [0.25, 0.3) is 0 Å². The zero-order valence-corrected chi connectivity index (χ0v) is 24.1. The predicted molar refractivity (Wildman–Crippen MR) is 149 cm³/mol. The largest absolute Gasteiger partial charge is 0.469 e. The van der Waals surface area contributed by atoms with Crippen LogP contribution in [-0.2, 0) is 14.3 Å². The summed E-state index contributed by atoms with van der Waals surface area (Å²) in [5.74, 6) is 1.68. The number of fused-ring (bicyclic) bond motifs is 2. The number of hydrogen-bond donors (Lipinski definition) is 1. The van der Waals surface area contributed by atoms with Crippen molar-refractivity contribution in [1.82, 2.24) is 10.3 Å². The Morgan fingerprint density at radius 2 is 1.98 bits per heavy atom. The Morgan fingerprint density at radius 1 is 1.15 bits per heavy atom. The molecule has 5 fully saturated rings. The van der Waals surface area contributed by atoms with E-state index in [4.69, 9.17) is 14.5 Å². The highest BCUT2D eigenvalue weighted by molar-refractivity contribution is 7.99. The Balaban J connectivity index is 1.19. The number of anilines is 1. The quantitative estimate of drug-likeness (QED) is 0.371. The van der Waals surface area contributed by atoms with Crippen molar-refractivity contribution >= 4 is 29.5 Å². The summed E-state index contributed by atoms with van der Waals surface area (Å²) in [6.07, 6.45) is 10.9. The summed E-state index contributed by atoms with van der Waals surface area (Å²) in [4.78, 5) is 32.8. The molecule has 1 aromatic rings. The van der Waals surface area contributed by atoms with Gasteiger partial charge < -0.3 is 19.7 Å². The first-order chi connectivity index (χ1) is 19.3. The lowest BCUT2D eigenvalue weighted by atomic mass is 9.77. The lowest BCUT2D eigenvalue weighted by molar-refractivity contribution is -0.219. The lowest BCUT2D eigenvalue weighted by Gasteiger charge is -2.37. The first kappa shape index (κ1) is 28.2. The topological polar surface area (TPSA) is 80.8 Å². The number of rotatable bonds is 9. The van der Waals surface area contributed by atoms with E-state index in [9.17, 15) is 18.4 Å².